The highest BCUT2D eigenvalue weighted by Gasteiger charge is 2.19. The monoisotopic (exact) mass is 312 g/mol. The first-order valence-electron chi connectivity index (χ1n) is 7.11. The van der Waals surface area contributed by atoms with Gasteiger partial charge in [0.05, 0.1) is 23.2 Å². The van der Waals surface area contributed by atoms with Gasteiger partial charge in [-0.25, -0.2) is 4.98 Å². The smallest absolute Gasteiger partial charge is 0.111 e. The molecule has 20 heavy (non-hydrogen) atoms. The van der Waals surface area contributed by atoms with Gasteiger partial charge in [-0.15, -0.1) is 11.6 Å². The first-order chi connectivity index (χ1) is 9.79. The molecule has 0 bridgehead atoms. The lowest BCUT2D eigenvalue weighted by Crippen LogP contribution is -2.25. The predicted octanol–water partition coefficient (Wildman–Crippen LogP) is 4.04. The molecule has 2 aromatic rings. The molecule has 1 aromatic carbocycles. The zero-order valence-corrected chi connectivity index (χ0v) is 12.8. The summed E-state index contributed by atoms with van der Waals surface area (Å²) < 4.78 is 8.07. The summed E-state index contributed by atoms with van der Waals surface area (Å²) in [5.41, 5.74) is 1.94. The molecule has 108 valence electrons. The van der Waals surface area contributed by atoms with E-state index in [0.717, 1.165) is 42.9 Å². The number of halogens is 2. The maximum Gasteiger partial charge on any atom is 0.111 e. The molecule has 1 fully saturated rings. The molecule has 1 aliphatic heterocycles. The van der Waals surface area contributed by atoms with Crippen molar-refractivity contribution in [2.24, 2.45) is 0 Å². The Morgan fingerprint density at radius 3 is 3.00 bits per heavy atom. The fraction of sp³-hybridized carbons (Fsp3) is 0.533. The van der Waals surface area contributed by atoms with E-state index in [9.17, 15) is 0 Å². The lowest BCUT2D eigenvalue weighted by Gasteiger charge is -2.24. The highest BCUT2D eigenvalue weighted by atomic mass is 35.5. The van der Waals surface area contributed by atoms with Crippen molar-refractivity contribution in [2.75, 3.05) is 12.5 Å². The Morgan fingerprint density at radius 2 is 2.25 bits per heavy atom. The van der Waals surface area contributed by atoms with Gasteiger partial charge in [-0.3, -0.25) is 0 Å². The maximum absolute atomic E-state index is 6.25. The number of benzene rings is 1. The molecule has 0 aliphatic carbocycles. The van der Waals surface area contributed by atoms with E-state index in [4.69, 9.17) is 27.9 Å². The molecule has 0 spiro atoms. The Labute approximate surface area is 128 Å². The lowest BCUT2D eigenvalue weighted by molar-refractivity contribution is 0.00621. The number of aryl methyl sites for hydroxylation is 1. The second kappa shape index (κ2) is 6.33. The Hall–Kier alpha value is -0.770. The molecular formula is C15H18Cl2N2O. The molecule has 0 N–H and O–H groups in total. The fourth-order valence-electron chi connectivity index (χ4n) is 2.80. The van der Waals surface area contributed by atoms with E-state index in [1.807, 2.05) is 12.1 Å². The molecule has 1 aromatic heterocycles. The average Bonchev–Trinajstić information content (AvgIpc) is 2.81. The third-order valence-corrected chi connectivity index (χ3v) is 4.28. The van der Waals surface area contributed by atoms with Crippen LogP contribution in [0.2, 0.25) is 5.02 Å². The molecule has 2 heterocycles. The van der Waals surface area contributed by atoms with Crippen molar-refractivity contribution in [2.45, 2.75) is 38.3 Å². The number of imidazole rings is 1. The normalized spacial score (nSPS) is 19.6. The molecule has 0 saturated carbocycles. The second-order valence-electron chi connectivity index (χ2n) is 5.17. The number of fused-ring (bicyclic) bond motifs is 1. The zero-order valence-electron chi connectivity index (χ0n) is 11.3. The molecule has 1 unspecified atom stereocenters. The summed E-state index contributed by atoms with van der Waals surface area (Å²) in [7, 11) is 0. The summed E-state index contributed by atoms with van der Waals surface area (Å²) in [5, 5.41) is 0.696. The lowest BCUT2D eigenvalue weighted by atomic mass is 10.1. The number of hydrogen-bond acceptors (Lipinski definition) is 2. The van der Waals surface area contributed by atoms with Gasteiger partial charge >= 0.3 is 0 Å². The van der Waals surface area contributed by atoms with Gasteiger partial charge in [-0.2, -0.15) is 0 Å². The molecule has 0 radical (unpaired) electrons. The Balaban J connectivity index is 1.97. The van der Waals surface area contributed by atoms with Gasteiger partial charge in [-0.05, 0) is 31.4 Å². The number of rotatable bonds is 4. The van der Waals surface area contributed by atoms with Crippen LogP contribution < -0.4 is 0 Å². The van der Waals surface area contributed by atoms with E-state index >= 15 is 0 Å². The molecular weight excluding hydrogens is 295 g/mol. The van der Waals surface area contributed by atoms with Crippen LogP contribution in [0.3, 0.4) is 0 Å². The van der Waals surface area contributed by atoms with Crippen LogP contribution in [0.4, 0.5) is 0 Å². The summed E-state index contributed by atoms with van der Waals surface area (Å²) in [6.45, 7) is 1.70. The SMILES string of the molecule is ClCCc1nc2c(Cl)cccc2n1CC1CCCCO1. The highest BCUT2D eigenvalue weighted by molar-refractivity contribution is 6.34. The van der Waals surface area contributed by atoms with E-state index in [1.165, 1.54) is 12.8 Å². The second-order valence-corrected chi connectivity index (χ2v) is 5.96. The van der Waals surface area contributed by atoms with Crippen LogP contribution in [0, 0.1) is 0 Å². The molecule has 1 atom stereocenters. The maximum atomic E-state index is 6.25. The predicted molar refractivity (Wildman–Crippen MR) is 82.8 cm³/mol. The fourth-order valence-corrected chi connectivity index (χ4v) is 3.18. The number of para-hydroxylation sites is 1. The van der Waals surface area contributed by atoms with Gasteiger partial charge < -0.3 is 9.30 Å². The van der Waals surface area contributed by atoms with Crippen molar-refractivity contribution >= 4 is 34.2 Å². The average molecular weight is 313 g/mol. The zero-order chi connectivity index (χ0) is 13.9. The van der Waals surface area contributed by atoms with E-state index in [1.54, 1.807) is 0 Å². The Kier molecular flexibility index (Phi) is 4.49. The van der Waals surface area contributed by atoms with Crippen molar-refractivity contribution in [1.82, 2.24) is 9.55 Å². The number of ether oxygens (including phenoxy) is 1. The number of aromatic nitrogens is 2. The molecule has 3 rings (SSSR count). The molecule has 1 saturated heterocycles. The minimum Gasteiger partial charge on any atom is -0.376 e. The Morgan fingerprint density at radius 1 is 1.35 bits per heavy atom. The summed E-state index contributed by atoms with van der Waals surface area (Å²) >= 11 is 12.1. The van der Waals surface area contributed by atoms with Crippen LogP contribution in [0.25, 0.3) is 11.0 Å². The summed E-state index contributed by atoms with van der Waals surface area (Å²) in [6.07, 6.45) is 4.54. The first-order valence-corrected chi connectivity index (χ1v) is 8.02. The molecule has 3 nitrogen and oxygen atoms in total. The van der Waals surface area contributed by atoms with Gasteiger partial charge in [-0.1, -0.05) is 17.7 Å². The minimum absolute atomic E-state index is 0.272. The number of alkyl halides is 1. The van der Waals surface area contributed by atoms with E-state index < -0.39 is 0 Å². The van der Waals surface area contributed by atoms with Gasteiger partial charge in [0.15, 0.2) is 0 Å². The van der Waals surface area contributed by atoms with Crippen molar-refractivity contribution in [3.05, 3.63) is 29.0 Å². The van der Waals surface area contributed by atoms with Gasteiger partial charge in [0.25, 0.3) is 0 Å². The molecule has 5 heteroatoms. The third-order valence-electron chi connectivity index (χ3n) is 3.79. The topological polar surface area (TPSA) is 27.1 Å². The van der Waals surface area contributed by atoms with E-state index in [2.05, 4.69) is 15.6 Å². The van der Waals surface area contributed by atoms with Gasteiger partial charge in [0.2, 0.25) is 0 Å². The van der Waals surface area contributed by atoms with Crippen molar-refractivity contribution in [3.8, 4) is 0 Å². The van der Waals surface area contributed by atoms with Crippen LogP contribution in [-0.2, 0) is 17.7 Å². The highest BCUT2D eigenvalue weighted by Crippen LogP contribution is 2.26. The quantitative estimate of drug-likeness (QED) is 0.797. The van der Waals surface area contributed by atoms with Crippen molar-refractivity contribution in [1.29, 1.82) is 0 Å². The van der Waals surface area contributed by atoms with Crippen molar-refractivity contribution < 1.29 is 4.74 Å². The number of nitrogens with zero attached hydrogens (tertiary/aromatic N) is 2. The van der Waals surface area contributed by atoms with Gasteiger partial charge in [0.1, 0.15) is 11.3 Å². The van der Waals surface area contributed by atoms with E-state index in [-0.39, 0.29) is 6.10 Å². The van der Waals surface area contributed by atoms with Crippen LogP contribution in [0.1, 0.15) is 25.1 Å². The standard InChI is InChI=1S/C15H18Cl2N2O/c16-8-7-14-18-15-12(17)5-3-6-13(15)19(14)10-11-4-1-2-9-20-11/h3,5-6,11H,1-2,4,7-10H2. The first kappa shape index (κ1) is 14.2. The molecule has 0 amide bonds. The van der Waals surface area contributed by atoms with Gasteiger partial charge in [0, 0.05) is 18.9 Å². The van der Waals surface area contributed by atoms with Crippen molar-refractivity contribution in [3.63, 3.8) is 0 Å². The summed E-state index contributed by atoms with van der Waals surface area (Å²) in [5.74, 6) is 1.56. The van der Waals surface area contributed by atoms with E-state index in [0.29, 0.717) is 10.9 Å². The molecule has 1 aliphatic rings. The number of hydrogen-bond donors (Lipinski definition) is 0. The Bertz CT molecular complexity index is 591. The third kappa shape index (κ3) is 2.80. The minimum atomic E-state index is 0.272. The van der Waals surface area contributed by atoms with Crippen LogP contribution in [0.5, 0.6) is 0 Å². The van der Waals surface area contributed by atoms with Crippen LogP contribution in [-0.4, -0.2) is 28.1 Å². The largest absolute Gasteiger partial charge is 0.376 e. The van der Waals surface area contributed by atoms with Crippen LogP contribution >= 0.6 is 23.2 Å². The summed E-state index contributed by atoms with van der Waals surface area (Å²) in [6, 6.07) is 5.91. The van der Waals surface area contributed by atoms with Crippen LogP contribution in [0.15, 0.2) is 18.2 Å². The summed E-state index contributed by atoms with van der Waals surface area (Å²) in [4.78, 5) is 4.66.